The Morgan fingerprint density at radius 3 is 2.09 bits per heavy atom. The summed E-state index contributed by atoms with van der Waals surface area (Å²) in [4.78, 5) is 24.0. The topological polar surface area (TPSA) is 61.8 Å². The maximum Gasteiger partial charge on any atom is 0.338 e. The van der Waals surface area contributed by atoms with E-state index in [1.54, 1.807) is 24.3 Å². The third kappa shape index (κ3) is 5.43. The monoisotopic (exact) mass is 318 g/mol. The number of fused-ring (bicyclic) bond motifs is 2. The minimum Gasteiger partial charge on any atom is -0.494 e. The number of cyclic esters (lactones) is 2. The zero-order valence-corrected chi connectivity index (χ0v) is 13.4. The van der Waals surface area contributed by atoms with Gasteiger partial charge in [-0.2, -0.15) is 0 Å². The fourth-order valence-corrected chi connectivity index (χ4v) is 2.19. The van der Waals surface area contributed by atoms with Crippen LogP contribution in [0.15, 0.2) is 30.4 Å². The molecule has 0 unspecified atom stereocenters. The van der Waals surface area contributed by atoms with E-state index < -0.39 is 11.9 Å². The fraction of sp³-hybridized carbons (Fsp3) is 0.444. The number of ether oxygens (including phenoxy) is 3. The van der Waals surface area contributed by atoms with Gasteiger partial charge in [0.2, 0.25) is 0 Å². The van der Waals surface area contributed by atoms with Gasteiger partial charge >= 0.3 is 11.9 Å². The van der Waals surface area contributed by atoms with Gasteiger partial charge in [-0.3, -0.25) is 0 Å². The summed E-state index contributed by atoms with van der Waals surface area (Å²) in [6.45, 7) is 2.99. The average molecular weight is 318 g/mol. The standard InChI is InChI=1S/C18H22O5/c1-2-3-4-5-8-21-16-12-14-11-15(13-16)18(20)23-10-7-6-9-22-17(14)19/h6-7,11-13H,2-5,8-10H2,1H3/b7-6-. The van der Waals surface area contributed by atoms with Gasteiger partial charge in [-0.1, -0.05) is 26.2 Å². The molecule has 0 atom stereocenters. The van der Waals surface area contributed by atoms with E-state index in [0.717, 1.165) is 19.3 Å². The molecule has 124 valence electrons. The van der Waals surface area contributed by atoms with Crippen molar-refractivity contribution in [3.8, 4) is 5.75 Å². The molecule has 0 N–H and O–H groups in total. The van der Waals surface area contributed by atoms with Crippen LogP contribution < -0.4 is 4.74 Å². The zero-order valence-electron chi connectivity index (χ0n) is 13.4. The van der Waals surface area contributed by atoms with Crippen LogP contribution in [0.3, 0.4) is 0 Å². The molecule has 0 saturated heterocycles. The molecule has 0 aromatic heterocycles. The third-order valence-corrected chi connectivity index (χ3v) is 3.43. The number of esters is 2. The van der Waals surface area contributed by atoms with Crippen molar-refractivity contribution in [3.63, 3.8) is 0 Å². The molecule has 0 spiro atoms. The van der Waals surface area contributed by atoms with Gasteiger partial charge in [0.15, 0.2) is 0 Å². The van der Waals surface area contributed by atoms with E-state index in [1.165, 1.54) is 12.5 Å². The van der Waals surface area contributed by atoms with Gasteiger partial charge in [0.1, 0.15) is 19.0 Å². The van der Waals surface area contributed by atoms with E-state index in [1.807, 2.05) is 0 Å². The fourth-order valence-electron chi connectivity index (χ4n) is 2.19. The van der Waals surface area contributed by atoms with Gasteiger partial charge in [0.25, 0.3) is 0 Å². The van der Waals surface area contributed by atoms with Crippen LogP contribution in [0, 0.1) is 0 Å². The predicted octanol–water partition coefficient (Wildman–Crippen LogP) is 3.53. The Labute approximate surface area is 136 Å². The highest BCUT2D eigenvalue weighted by Gasteiger charge is 2.16. The molecule has 1 aromatic carbocycles. The van der Waals surface area contributed by atoms with Gasteiger partial charge in [-0.15, -0.1) is 0 Å². The number of benzene rings is 1. The Hall–Kier alpha value is -2.30. The number of unbranched alkanes of at least 4 members (excludes halogenated alkanes) is 3. The van der Waals surface area contributed by atoms with Crippen LogP contribution in [0.5, 0.6) is 5.75 Å². The summed E-state index contributed by atoms with van der Waals surface area (Å²) in [5.41, 5.74) is 0.580. The van der Waals surface area contributed by atoms with Gasteiger partial charge in [-0.25, -0.2) is 9.59 Å². The van der Waals surface area contributed by atoms with Crippen LogP contribution in [0.1, 0.15) is 53.3 Å². The molecule has 23 heavy (non-hydrogen) atoms. The first-order valence-corrected chi connectivity index (χ1v) is 7.98. The van der Waals surface area contributed by atoms with Crippen molar-refractivity contribution in [3.05, 3.63) is 41.5 Å². The second-order valence-electron chi connectivity index (χ2n) is 5.32. The lowest BCUT2D eigenvalue weighted by atomic mass is 10.1. The number of hydrogen-bond acceptors (Lipinski definition) is 5. The normalized spacial score (nSPS) is 16.0. The molecule has 0 saturated carbocycles. The molecule has 2 bridgehead atoms. The van der Waals surface area contributed by atoms with Crippen LogP contribution in [0.2, 0.25) is 0 Å². The molecule has 1 aromatic rings. The summed E-state index contributed by atoms with van der Waals surface area (Å²) in [5.74, 6) is -0.487. The third-order valence-electron chi connectivity index (χ3n) is 3.43. The van der Waals surface area contributed by atoms with Crippen molar-refractivity contribution in [2.45, 2.75) is 32.6 Å². The van der Waals surface area contributed by atoms with E-state index in [-0.39, 0.29) is 13.2 Å². The maximum absolute atomic E-state index is 12.0. The molecule has 0 radical (unpaired) electrons. The molecular formula is C18H22O5. The van der Waals surface area contributed by atoms with Crippen LogP contribution in [-0.4, -0.2) is 31.8 Å². The lowest BCUT2D eigenvalue weighted by Crippen LogP contribution is -2.09. The largest absolute Gasteiger partial charge is 0.494 e. The molecule has 0 amide bonds. The summed E-state index contributed by atoms with van der Waals surface area (Å²) in [5, 5.41) is 0. The number of rotatable bonds is 6. The van der Waals surface area contributed by atoms with E-state index in [0.29, 0.717) is 23.5 Å². The Bertz CT molecular complexity index is 537. The first-order valence-electron chi connectivity index (χ1n) is 7.98. The Balaban J connectivity index is 2.12. The molecule has 1 heterocycles. The average Bonchev–Trinajstić information content (AvgIpc) is 2.58. The summed E-state index contributed by atoms with van der Waals surface area (Å²) in [6.07, 6.45) is 7.64. The zero-order chi connectivity index (χ0) is 16.5. The molecule has 2 rings (SSSR count). The minimum atomic E-state index is -0.484. The maximum atomic E-state index is 12.0. The number of hydrogen-bond donors (Lipinski definition) is 0. The van der Waals surface area contributed by atoms with Gasteiger partial charge in [-0.05, 0) is 36.8 Å². The lowest BCUT2D eigenvalue weighted by molar-refractivity contribution is 0.0538. The second kappa shape index (κ2) is 8.98. The van der Waals surface area contributed by atoms with Gasteiger partial charge in [0, 0.05) is 0 Å². The second-order valence-corrected chi connectivity index (χ2v) is 5.32. The Kier molecular flexibility index (Phi) is 6.66. The summed E-state index contributed by atoms with van der Waals surface area (Å²) in [6, 6.07) is 4.67. The highest BCUT2D eigenvalue weighted by molar-refractivity contribution is 5.96. The molecule has 1 aliphatic rings. The predicted molar refractivity (Wildman–Crippen MR) is 85.8 cm³/mol. The van der Waals surface area contributed by atoms with Gasteiger partial charge < -0.3 is 14.2 Å². The number of carbonyl (C=O) groups is 2. The molecular weight excluding hydrogens is 296 g/mol. The van der Waals surface area contributed by atoms with Crippen molar-refractivity contribution in [1.29, 1.82) is 0 Å². The molecule has 5 heteroatoms. The summed E-state index contributed by atoms with van der Waals surface area (Å²) >= 11 is 0. The van der Waals surface area contributed by atoms with Crippen molar-refractivity contribution in [2.24, 2.45) is 0 Å². The minimum absolute atomic E-state index is 0.147. The molecule has 0 fully saturated rings. The van der Waals surface area contributed by atoms with Crippen LogP contribution in [0.4, 0.5) is 0 Å². The van der Waals surface area contributed by atoms with Crippen molar-refractivity contribution < 1.29 is 23.8 Å². The quantitative estimate of drug-likeness (QED) is 0.456. The van der Waals surface area contributed by atoms with Crippen molar-refractivity contribution in [1.82, 2.24) is 0 Å². The van der Waals surface area contributed by atoms with Crippen LogP contribution in [0.25, 0.3) is 0 Å². The Morgan fingerprint density at radius 1 is 0.913 bits per heavy atom. The van der Waals surface area contributed by atoms with Crippen LogP contribution in [-0.2, 0) is 9.47 Å². The first kappa shape index (κ1) is 17.1. The van der Waals surface area contributed by atoms with E-state index in [2.05, 4.69) is 6.92 Å². The van der Waals surface area contributed by atoms with E-state index >= 15 is 0 Å². The lowest BCUT2D eigenvalue weighted by Gasteiger charge is -2.10. The Morgan fingerprint density at radius 2 is 1.52 bits per heavy atom. The molecule has 1 aliphatic heterocycles. The smallest absolute Gasteiger partial charge is 0.338 e. The van der Waals surface area contributed by atoms with E-state index in [4.69, 9.17) is 14.2 Å². The van der Waals surface area contributed by atoms with Crippen molar-refractivity contribution >= 4 is 11.9 Å². The van der Waals surface area contributed by atoms with Crippen LogP contribution >= 0.6 is 0 Å². The van der Waals surface area contributed by atoms with Crippen molar-refractivity contribution in [2.75, 3.05) is 19.8 Å². The highest BCUT2D eigenvalue weighted by Crippen LogP contribution is 2.20. The molecule has 5 nitrogen and oxygen atoms in total. The highest BCUT2D eigenvalue weighted by atomic mass is 16.5. The number of carbonyl (C=O) groups excluding carboxylic acids is 2. The van der Waals surface area contributed by atoms with E-state index in [9.17, 15) is 9.59 Å². The summed E-state index contributed by atoms with van der Waals surface area (Å²) < 4.78 is 15.9. The first-order chi connectivity index (χ1) is 11.2. The SMILES string of the molecule is CCCCCCOc1cc2cc(c1)C(=O)OC/C=C\COC2=O. The summed E-state index contributed by atoms with van der Waals surface area (Å²) in [7, 11) is 0. The van der Waals surface area contributed by atoms with Gasteiger partial charge in [0.05, 0.1) is 17.7 Å². The molecule has 0 aliphatic carbocycles.